The highest BCUT2D eigenvalue weighted by Gasteiger charge is 2.14. The summed E-state index contributed by atoms with van der Waals surface area (Å²) in [5.41, 5.74) is 1.21. The van der Waals surface area contributed by atoms with Crippen LogP contribution >= 0.6 is 0 Å². The van der Waals surface area contributed by atoms with Crippen LogP contribution < -0.4 is 5.32 Å². The first-order chi connectivity index (χ1) is 8.27. The largest absolute Gasteiger partial charge is 0.310 e. The molecular weight excluding hydrogens is 210 g/mol. The van der Waals surface area contributed by atoms with Gasteiger partial charge in [0.15, 0.2) is 0 Å². The number of hydrogen-bond acceptors (Lipinski definition) is 3. The Morgan fingerprint density at radius 1 is 1.18 bits per heavy atom. The quantitative estimate of drug-likeness (QED) is 0.751. The van der Waals surface area contributed by atoms with Gasteiger partial charge in [-0.2, -0.15) is 0 Å². The van der Waals surface area contributed by atoms with E-state index in [0.29, 0.717) is 6.04 Å². The van der Waals surface area contributed by atoms with E-state index in [1.165, 1.54) is 24.8 Å². The molecule has 0 radical (unpaired) electrons. The molecule has 1 aromatic heterocycles. The summed E-state index contributed by atoms with van der Waals surface area (Å²) in [6, 6.07) is 0.401. The van der Waals surface area contributed by atoms with E-state index < -0.39 is 0 Å². The molecule has 0 saturated carbocycles. The zero-order valence-electron chi connectivity index (χ0n) is 11.3. The maximum atomic E-state index is 4.12. The fourth-order valence-electron chi connectivity index (χ4n) is 2.16. The van der Waals surface area contributed by atoms with Crippen LogP contribution in [0.1, 0.15) is 58.1 Å². The fraction of sp³-hybridized carbons (Fsp3) is 0.714. The van der Waals surface area contributed by atoms with Gasteiger partial charge in [-0.25, -0.2) is 9.97 Å². The van der Waals surface area contributed by atoms with Crippen LogP contribution in [0.3, 0.4) is 0 Å². The lowest BCUT2D eigenvalue weighted by atomic mass is 9.94. The summed E-state index contributed by atoms with van der Waals surface area (Å²) >= 11 is 0. The molecule has 0 aliphatic rings. The van der Waals surface area contributed by atoms with Crippen LogP contribution in [0.25, 0.3) is 0 Å². The van der Waals surface area contributed by atoms with Gasteiger partial charge in [0.05, 0.1) is 0 Å². The van der Waals surface area contributed by atoms with E-state index in [1.807, 2.05) is 12.4 Å². The molecular formula is C14H25N3. The topological polar surface area (TPSA) is 37.8 Å². The van der Waals surface area contributed by atoms with Crippen molar-refractivity contribution in [2.75, 3.05) is 6.54 Å². The van der Waals surface area contributed by atoms with Crippen molar-refractivity contribution in [3.8, 4) is 0 Å². The Balaban J connectivity index is 2.60. The van der Waals surface area contributed by atoms with Crippen molar-refractivity contribution in [2.24, 2.45) is 5.92 Å². The molecule has 0 amide bonds. The van der Waals surface area contributed by atoms with E-state index in [9.17, 15) is 0 Å². The second-order valence-electron chi connectivity index (χ2n) is 4.81. The minimum Gasteiger partial charge on any atom is -0.310 e. The molecule has 1 rings (SSSR count). The molecule has 0 bridgehead atoms. The molecule has 96 valence electrons. The third kappa shape index (κ3) is 5.26. The molecule has 2 unspecified atom stereocenters. The van der Waals surface area contributed by atoms with Crippen LogP contribution in [-0.4, -0.2) is 16.5 Å². The van der Waals surface area contributed by atoms with Gasteiger partial charge in [-0.15, -0.1) is 0 Å². The summed E-state index contributed by atoms with van der Waals surface area (Å²) in [5, 5.41) is 3.60. The Morgan fingerprint density at radius 2 is 1.88 bits per heavy atom. The highest BCUT2D eigenvalue weighted by molar-refractivity contribution is 5.09. The first-order valence-electron chi connectivity index (χ1n) is 6.76. The van der Waals surface area contributed by atoms with Gasteiger partial charge in [0.25, 0.3) is 0 Å². The van der Waals surface area contributed by atoms with Crippen molar-refractivity contribution < 1.29 is 0 Å². The summed E-state index contributed by atoms with van der Waals surface area (Å²) in [6.07, 6.45) is 10.3. The average molecular weight is 235 g/mol. The molecule has 3 nitrogen and oxygen atoms in total. The molecule has 17 heavy (non-hydrogen) atoms. The molecule has 1 aromatic rings. The van der Waals surface area contributed by atoms with Gasteiger partial charge in [0, 0.05) is 24.0 Å². The van der Waals surface area contributed by atoms with E-state index >= 15 is 0 Å². The summed E-state index contributed by atoms with van der Waals surface area (Å²) < 4.78 is 0. The van der Waals surface area contributed by atoms with E-state index in [2.05, 4.69) is 36.1 Å². The van der Waals surface area contributed by atoms with Gasteiger partial charge in [-0.1, -0.05) is 33.6 Å². The lowest BCUT2D eigenvalue weighted by molar-refractivity contribution is 0.389. The molecule has 0 saturated heterocycles. The third-order valence-electron chi connectivity index (χ3n) is 3.04. The van der Waals surface area contributed by atoms with Crippen molar-refractivity contribution in [3.05, 3.63) is 24.3 Å². The van der Waals surface area contributed by atoms with Crippen LogP contribution in [-0.2, 0) is 0 Å². The number of hydrogen-bond donors (Lipinski definition) is 1. The van der Waals surface area contributed by atoms with Crippen molar-refractivity contribution in [2.45, 2.75) is 52.5 Å². The Labute approximate surface area is 105 Å². The first kappa shape index (κ1) is 14.1. The molecule has 0 fully saturated rings. The Hall–Kier alpha value is -0.960. The monoisotopic (exact) mass is 235 g/mol. The Morgan fingerprint density at radius 3 is 2.47 bits per heavy atom. The molecule has 2 atom stereocenters. The van der Waals surface area contributed by atoms with Crippen molar-refractivity contribution >= 4 is 0 Å². The zero-order valence-corrected chi connectivity index (χ0v) is 11.3. The second kappa shape index (κ2) is 8.18. The first-order valence-corrected chi connectivity index (χ1v) is 6.76. The summed E-state index contributed by atoms with van der Waals surface area (Å²) in [4.78, 5) is 8.23. The smallest absolute Gasteiger partial charge is 0.115 e. The number of rotatable bonds is 8. The van der Waals surface area contributed by atoms with Gasteiger partial charge >= 0.3 is 0 Å². The summed E-state index contributed by atoms with van der Waals surface area (Å²) in [6.45, 7) is 7.82. The maximum Gasteiger partial charge on any atom is 0.115 e. The normalized spacial score (nSPS) is 14.5. The number of aromatic nitrogens is 2. The summed E-state index contributed by atoms with van der Waals surface area (Å²) in [7, 11) is 0. The molecule has 1 heterocycles. The van der Waals surface area contributed by atoms with E-state index in [1.54, 1.807) is 6.33 Å². The maximum absolute atomic E-state index is 4.12. The van der Waals surface area contributed by atoms with Crippen LogP contribution in [0.15, 0.2) is 18.7 Å². The number of nitrogens with one attached hydrogen (secondary N) is 1. The van der Waals surface area contributed by atoms with Gasteiger partial charge in [0.2, 0.25) is 0 Å². The van der Waals surface area contributed by atoms with Crippen molar-refractivity contribution in [1.82, 2.24) is 15.3 Å². The lowest BCUT2D eigenvalue weighted by Crippen LogP contribution is -2.24. The standard InChI is InChI=1S/C14H25N3/c1-4-6-12(3)8-14(17-7-5-2)13-9-15-11-16-10-13/h9-12,14,17H,4-8H2,1-3H3. The Kier molecular flexibility index (Phi) is 6.78. The van der Waals surface area contributed by atoms with Gasteiger partial charge in [0.1, 0.15) is 6.33 Å². The van der Waals surface area contributed by atoms with Crippen LogP contribution in [0, 0.1) is 5.92 Å². The average Bonchev–Trinajstić information content (AvgIpc) is 2.36. The van der Waals surface area contributed by atoms with Gasteiger partial charge < -0.3 is 5.32 Å². The van der Waals surface area contributed by atoms with Crippen molar-refractivity contribution in [3.63, 3.8) is 0 Å². The number of nitrogens with zero attached hydrogens (tertiary/aromatic N) is 2. The molecule has 0 spiro atoms. The van der Waals surface area contributed by atoms with E-state index in [4.69, 9.17) is 0 Å². The highest BCUT2D eigenvalue weighted by atomic mass is 14.9. The minimum absolute atomic E-state index is 0.401. The molecule has 0 aliphatic heterocycles. The Bertz CT molecular complexity index is 287. The van der Waals surface area contributed by atoms with E-state index in [0.717, 1.165) is 18.9 Å². The predicted octanol–water partition coefficient (Wildman–Crippen LogP) is 3.34. The zero-order chi connectivity index (χ0) is 12.5. The predicted molar refractivity (Wildman–Crippen MR) is 71.8 cm³/mol. The molecule has 1 N–H and O–H groups in total. The van der Waals surface area contributed by atoms with Crippen LogP contribution in [0.2, 0.25) is 0 Å². The van der Waals surface area contributed by atoms with Crippen LogP contribution in [0.4, 0.5) is 0 Å². The van der Waals surface area contributed by atoms with Gasteiger partial charge in [-0.05, 0) is 25.3 Å². The lowest BCUT2D eigenvalue weighted by Gasteiger charge is -2.21. The minimum atomic E-state index is 0.401. The molecule has 0 aliphatic carbocycles. The van der Waals surface area contributed by atoms with Crippen molar-refractivity contribution in [1.29, 1.82) is 0 Å². The van der Waals surface area contributed by atoms with E-state index in [-0.39, 0.29) is 0 Å². The van der Waals surface area contributed by atoms with Gasteiger partial charge in [-0.3, -0.25) is 0 Å². The second-order valence-corrected chi connectivity index (χ2v) is 4.81. The fourth-order valence-corrected chi connectivity index (χ4v) is 2.16. The third-order valence-corrected chi connectivity index (χ3v) is 3.04. The SMILES string of the molecule is CCCNC(CC(C)CCC)c1cncnc1. The highest BCUT2D eigenvalue weighted by Crippen LogP contribution is 2.22. The van der Waals surface area contributed by atoms with Crippen LogP contribution in [0.5, 0.6) is 0 Å². The molecule has 3 heteroatoms. The summed E-state index contributed by atoms with van der Waals surface area (Å²) in [5.74, 6) is 0.745. The molecule has 0 aromatic carbocycles.